The molecule has 1 aliphatic carbocycles. The van der Waals surface area contributed by atoms with E-state index in [2.05, 4.69) is 34.3 Å². The number of methoxy groups -OCH3 is 1. The molecule has 22 heavy (non-hydrogen) atoms. The Morgan fingerprint density at radius 1 is 1.32 bits per heavy atom. The fraction of sp³-hybridized carbons (Fsp3) is 0.444. The number of benzene rings is 1. The Labute approximate surface area is 131 Å². The molecule has 1 aromatic carbocycles. The molecule has 0 unspecified atom stereocenters. The van der Waals surface area contributed by atoms with Gasteiger partial charge in [0.2, 0.25) is 0 Å². The molecule has 4 nitrogen and oxygen atoms in total. The Hall–Kier alpha value is -1.94. The van der Waals surface area contributed by atoms with Gasteiger partial charge in [-0.1, -0.05) is 12.1 Å². The summed E-state index contributed by atoms with van der Waals surface area (Å²) in [6.07, 6.45) is 5.61. The van der Waals surface area contributed by atoms with Crippen LogP contribution in [0.2, 0.25) is 0 Å². The summed E-state index contributed by atoms with van der Waals surface area (Å²) >= 11 is 0. The molecule has 1 aromatic heterocycles. The summed E-state index contributed by atoms with van der Waals surface area (Å²) in [6, 6.07) is 8.32. The van der Waals surface area contributed by atoms with E-state index in [4.69, 9.17) is 9.72 Å². The van der Waals surface area contributed by atoms with E-state index in [1.807, 2.05) is 6.07 Å². The minimum atomic E-state index is 0.624. The summed E-state index contributed by atoms with van der Waals surface area (Å²) in [5.41, 5.74) is 3.84. The van der Waals surface area contributed by atoms with Gasteiger partial charge in [-0.25, -0.2) is 9.97 Å². The summed E-state index contributed by atoms with van der Waals surface area (Å²) < 4.78 is 5.31. The zero-order chi connectivity index (χ0) is 14.9. The first kappa shape index (κ1) is 13.7. The van der Waals surface area contributed by atoms with E-state index in [1.165, 1.54) is 29.7 Å². The normalized spacial score (nSPS) is 18.0. The van der Waals surface area contributed by atoms with Crippen LogP contribution in [0.5, 0.6) is 5.75 Å². The molecular weight excluding hydrogens is 274 g/mol. The standard InChI is InChI=1S/C18H21N3O/c1-22-16-4-2-3-13(9-16)11-21-8-7-15-10-19-18(14-5-6-14)20-17(15)12-21/h2-4,9-10,14H,5-8,11-12H2,1H3. The van der Waals surface area contributed by atoms with Crippen molar-refractivity contribution in [2.75, 3.05) is 13.7 Å². The Kier molecular flexibility index (Phi) is 3.54. The van der Waals surface area contributed by atoms with E-state index in [0.717, 1.165) is 37.6 Å². The number of ether oxygens (including phenoxy) is 1. The number of aromatic nitrogens is 2. The van der Waals surface area contributed by atoms with Crippen molar-refractivity contribution in [3.05, 3.63) is 53.1 Å². The third kappa shape index (κ3) is 2.83. The zero-order valence-electron chi connectivity index (χ0n) is 13.0. The largest absolute Gasteiger partial charge is 0.497 e. The highest BCUT2D eigenvalue weighted by Gasteiger charge is 2.28. The smallest absolute Gasteiger partial charge is 0.131 e. The van der Waals surface area contributed by atoms with Gasteiger partial charge < -0.3 is 4.74 Å². The Bertz CT molecular complexity index is 682. The van der Waals surface area contributed by atoms with Crippen LogP contribution < -0.4 is 4.74 Å². The van der Waals surface area contributed by atoms with Gasteiger partial charge in [-0.2, -0.15) is 0 Å². The van der Waals surface area contributed by atoms with Gasteiger partial charge in [-0.15, -0.1) is 0 Å². The third-order valence-electron chi connectivity index (χ3n) is 4.53. The third-order valence-corrected chi connectivity index (χ3v) is 4.53. The minimum Gasteiger partial charge on any atom is -0.497 e. The Balaban J connectivity index is 1.49. The van der Waals surface area contributed by atoms with E-state index in [0.29, 0.717) is 5.92 Å². The van der Waals surface area contributed by atoms with Crippen LogP contribution in [0.3, 0.4) is 0 Å². The maximum Gasteiger partial charge on any atom is 0.131 e. The first-order chi connectivity index (χ1) is 10.8. The molecule has 2 heterocycles. The van der Waals surface area contributed by atoms with Crippen molar-refractivity contribution >= 4 is 0 Å². The molecule has 0 spiro atoms. The van der Waals surface area contributed by atoms with Crippen molar-refractivity contribution in [2.24, 2.45) is 0 Å². The van der Waals surface area contributed by atoms with Crippen LogP contribution in [-0.4, -0.2) is 28.5 Å². The van der Waals surface area contributed by atoms with Crippen molar-refractivity contribution in [1.82, 2.24) is 14.9 Å². The van der Waals surface area contributed by atoms with Crippen molar-refractivity contribution < 1.29 is 4.74 Å². The van der Waals surface area contributed by atoms with Gasteiger partial charge in [0.1, 0.15) is 11.6 Å². The molecule has 2 aromatic rings. The SMILES string of the molecule is COc1cccc(CN2CCc3cnc(C4CC4)nc3C2)c1. The number of rotatable bonds is 4. The fourth-order valence-corrected chi connectivity index (χ4v) is 3.07. The maximum absolute atomic E-state index is 5.31. The van der Waals surface area contributed by atoms with Crippen LogP contribution in [0, 0.1) is 0 Å². The molecule has 4 heteroatoms. The van der Waals surface area contributed by atoms with Crippen LogP contribution in [0.25, 0.3) is 0 Å². The van der Waals surface area contributed by atoms with Gasteiger partial charge >= 0.3 is 0 Å². The molecule has 0 radical (unpaired) electrons. The fourth-order valence-electron chi connectivity index (χ4n) is 3.07. The maximum atomic E-state index is 5.31. The van der Waals surface area contributed by atoms with Gasteiger partial charge in [0.15, 0.2) is 0 Å². The monoisotopic (exact) mass is 295 g/mol. The van der Waals surface area contributed by atoms with Gasteiger partial charge in [0.25, 0.3) is 0 Å². The molecule has 0 atom stereocenters. The van der Waals surface area contributed by atoms with Crippen molar-refractivity contribution in [2.45, 2.75) is 38.3 Å². The highest BCUT2D eigenvalue weighted by Crippen LogP contribution is 2.38. The van der Waals surface area contributed by atoms with Gasteiger partial charge in [-0.05, 0) is 42.5 Å². The number of hydrogen-bond acceptors (Lipinski definition) is 4. The van der Waals surface area contributed by atoms with Gasteiger partial charge in [0, 0.05) is 31.7 Å². The average molecular weight is 295 g/mol. The second kappa shape index (κ2) is 5.69. The molecule has 2 aliphatic rings. The number of fused-ring (bicyclic) bond motifs is 1. The van der Waals surface area contributed by atoms with E-state index in [9.17, 15) is 0 Å². The van der Waals surface area contributed by atoms with Crippen LogP contribution >= 0.6 is 0 Å². The molecule has 0 amide bonds. The highest BCUT2D eigenvalue weighted by molar-refractivity contribution is 5.29. The Morgan fingerprint density at radius 2 is 2.23 bits per heavy atom. The zero-order valence-corrected chi connectivity index (χ0v) is 13.0. The van der Waals surface area contributed by atoms with Gasteiger partial charge in [0.05, 0.1) is 12.8 Å². The summed E-state index contributed by atoms with van der Waals surface area (Å²) in [5.74, 6) is 2.61. The summed E-state index contributed by atoms with van der Waals surface area (Å²) in [5, 5.41) is 0. The molecule has 0 N–H and O–H groups in total. The van der Waals surface area contributed by atoms with Crippen molar-refractivity contribution in [1.29, 1.82) is 0 Å². The lowest BCUT2D eigenvalue weighted by Crippen LogP contribution is -2.31. The summed E-state index contributed by atoms with van der Waals surface area (Å²) in [7, 11) is 1.71. The average Bonchev–Trinajstić information content (AvgIpc) is 3.39. The van der Waals surface area contributed by atoms with Gasteiger partial charge in [-0.3, -0.25) is 4.90 Å². The van der Waals surface area contributed by atoms with Crippen LogP contribution in [0.4, 0.5) is 0 Å². The van der Waals surface area contributed by atoms with E-state index >= 15 is 0 Å². The van der Waals surface area contributed by atoms with Crippen LogP contribution in [-0.2, 0) is 19.5 Å². The summed E-state index contributed by atoms with van der Waals surface area (Å²) in [4.78, 5) is 11.8. The number of hydrogen-bond donors (Lipinski definition) is 0. The number of nitrogens with zero attached hydrogens (tertiary/aromatic N) is 3. The molecule has 1 saturated carbocycles. The van der Waals surface area contributed by atoms with Crippen molar-refractivity contribution in [3.63, 3.8) is 0 Å². The molecule has 114 valence electrons. The minimum absolute atomic E-state index is 0.624. The second-order valence-corrected chi connectivity index (χ2v) is 6.29. The lowest BCUT2D eigenvalue weighted by Gasteiger charge is -2.28. The second-order valence-electron chi connectivity index (χ2n) is 6.29. The molecule has 0 saturated heterocycles. The highest BCUT2D eigenvalue weighted by atomic mass is 16.5. The Morgan fingerprint density at radius 3 is 3.05 bits per heavy atom. The molecule has 1 aliphatic heterocycles. The molecular formula is C18H21N3O. The first-order valence-corrected chi connectivity index (χ1v) is 8.02. The van der Waals surface area contributed by atoms with E-state index in [-0.39, 0.29) is 0 Å². The van der Waals surface area contributed by atoms with Crippen LogP contribution in [0.15, 0.2) is 30.5 Å². The van der Waals surface area contributed by atoms with E-state index < -0.39 is 0 Å². The molecule has 1 fully saturated rings. The van der Waals surface area contributed by atoms with E-state index in [1.54, 1.807) is 7.11 Å². The lowest BCUT2D eigenvalue weighted by atomic mass is 10.1. The molecule has 4 rings (SSSR count). The summed E-state index contributed by atoms with van der Waals surface area (Å²) in [6.45, 7) is 2.94. The van der Waals surface area contributed by atoms with Crippen molar-refractivity contribution in [3.8, 4) is 5.75 Å². The first-order valence-electron chi connectivity index (χ1n) is 8.02. The predicted octanol–water partition coefficient (Wildman–Crippen LogP) is 2.92. The van der Waals surface area contributed by atoms with Crippen LogP contribution in [0.1, 0.15) is 41.4 Å². The molecule has 0 bridgehead atoms. The lowest BCUT2D eigenvalue weighted by molar-refractivity contribution is 0.240. The predicted molar refractivity (Wildman–Crippen MR) is 84.8 cm³/mol. The topological polar surface area (TPSA) is 38.2 Å². The quantitative estimate of drug-likeness (QED) is 0.869.